The largest absolute Gasteiger partial charge is 0.396 e. The molecule has 7 nitrogen and oxygen atoms in total. The van der Waals surface area contributed by atoms with Crippen LogP contribution in [-0.4, -0.2) is 63.0 Å². The predicted molar refractivity (Wildman–Crippen MR) is 135 cm³/mol. The van der Waals surface area contributed by atoms with E-state index in [4.69, 9.17) is 0 Å². The minimum Gasteiger partial charge on any atom is -0.396 e. The van der Waals surface area contributed by atoms with Gasteiger partial charge in [0.2, 0.25) is 17.7 Å². The van der Waals surface area contributed by atoms with E-state index in [1.165, 1.54) is 0 Å². The Hall–Kier alpha value is -2.06. The smallest absolute Gasteiger partial charge is 0.248 e. The molecule has 1 aromatic carbocycles. The third-order valence-electron chi connectivity index (χ3n) is 7.89. The summed E-state index contributed by atoms with van der Waals surface area (Å²) in [5.41, 5.74) is 2.74. The van der Waals surface area contributed by atoms with E-state index in [-0.39, 0.29) is 29.1 Å². The molecule has 0 radical (unpaired) electrons. The molecule has 2 unspecified atom stereocenters. The number of aliphatic hydroxyl groups excluding tert-OH is 1. The van der Waals surface area contributed by atoms with Crippen LogP contribution in [0, 0.1) is 25.7 Å². The van der Waals surface area contributed by atoms with E-state index in [1.54, 1.807) is 16.7 Å². The van der Waals surface area contributed by atoms with E-state index in [0.29, 0.717) is 25.9 Å². The Balaban J connectivity index is 1.71. The number of nitrogens with one attached hydrogen (secondary N) is 2. The monoisotopic (exact) mass is 487 g/mol. The van der Waals surface area contributed by atoms with Gasteiger partial charge >= 0.3 is 0 Å². The Bertz CT molecular complexity index is 965. The zero-order valence-corrected chi connectivity index (χ0v) is 21.5. The lowest BCUT2D eigenvalue weighted by atomic mass is 9.66. The highest BCUT2D eigenvalue weighted by molar-refractivity contribution is 8.02. The number of unbranched alkanes of at least 4 members (excludes halogenated alkanes) is 1. The highest BCUT2D eigenvalue weighted by Gasteiger charge is 2.76. The predicted octanol–water partition coefficient (Wildman–Crippen LogP) is 3.02. The maximum Gasteiger partial charge on any atom is 0.248 e. The van der Waals surface area contributed by atoms with Crippen molar-refractivity contribution in [2.24, 2.45) is 11.8 Å². The number of fused-ring (bicyclic) bond motifs is 1. The second-order valence-corrected chi connectivity index (χ2v) is 12.1. The van der Waals surface area contributed by atoms with E-state index in [2.05, 4.69) is 17.6 Å². The molecular formula is C26H37N3O4S. The van der Waals surface area contributed by atoms with Gasteiger partial charge in [-0.3, -0.25) is 14.4 Å². The van der Waals surface area contributed by atoms with Crippen molar-refractivity contribution in [3.8, 4) is 0 Å². The first kappa shape index (κ1) is 25.0. The molecule has 1 spiro atoms. The molecule has 3 aliphatic heterocycles. The number of benzene rings is 1. The number of nitrogens with zero attached hydrogens (tertiary/aromatic N) is 1. The molecule has 3 N–H and O–H groups in total. The van der Waals surface area contributed by atoms with Gasteiger partial charge in [0, 0.05) is 30.1 Å². The summed E-state index contributed by atoms with van der Waals surface area (Å²) in [7, 11) is 0. The highest BCUT2D eigenvalue weighted by atomic mass is 32.2. The van der Waals surface area contributed by atoms with Gasteiger partial charge in [-0.25, -0.2) is 0 Å². The maximum atomic E-state index is 13.9. The number of aliphatic hydroxyl groups is 1. The van der Waals surface area contributed by atoms with Crippen molar-refractivity contribution >= 4 is 35.2 Å². The second kappa shape index (κ2) is 9.53. The van der Waals surface area contributed by atoms with Crippen molar-refractivity contribution in [1.82, 2.24) is 10.2 Å². The van der Waals surface area contributed by atoms with Crippen LogP contribution in [0.25, 0.3) is 0 Å². The van der Waals surface area contributed by atoms with Gasteiger partial charge in [-0.05, 0) is 64.0 Å². The van der Waals surface area contributed by atoms with Crippen LogP contribution in [-0.2, 0) is 14.4 Å². The molecule has 3 saturated heterocycles. The maximum absolute atomic E-state index is 13.9. The number of para-hydroxylation sites is 1. The Morgan fingerprint density at radius 2 is 1.88 bits per heavy atom. The topological polar surface area (TPSA) is 98.7 Å². The van der Waals surface area contributed by atoms with Crippen molar-refractivity contribution in [2.45, 2.75) is 75.3 Å². The summed E-state index contributed by atoms with van der Waals surface area (Å²) in [5.74, 6) is -1.28. The van der Waals surface area contributed by atoms with Crippen molar-refractivity contribution in [1.29, 1.82) is 0 Å². The Labute approximate surface area is 206 Å². The van der Waals surface area contributed by atoms with Crippen molar-refractivity contribution in [3.63, 3.8) is 0 Å². The van der Waals surface area contributed by atoms with E-state index < -0.39 is 22.6 Å². The molecule has 34 heavy (non-hydrogen) atoms. The molecule has 0 aromatic heterocycles. The zero-order chi connectivity index (χ0) is 24.7. The molecule has 186 valence electrons. The van der Waals surface area contributed by atoms with Crippen molar-refractivity contribution in [2.75, 3.05) is 25.0 Å². The van der Waals surface area contributed by atoms with Gasteiger partial charge in [0.15, 0.2) is 0 Å². The standard InChI is InChI=1S/C26H37N3O4S/c1-5-13-27-22(31)18-19-24(33)29(14-6-7-15-30)21(26(19)12-11-25(18,4)34-26)23(32)28-20-16(2)9-8-10-17(20)3/h8-10,18-19,21,30H,5-7,11-15H2,1-4H3,(H,27,31)(H,28,32)/t18-,19-,21?,25+,26?/m0/s1. The van der Waals surface area contributed by atoms with Crippen LogP contribution in [0.1, 0.15) is 57.1 Å². The van der Waals surface area contributed by atoms with Gasteiger partial charge in [0.1, 0.15) is 6.04 Å². The first-order valence-electron chi connectivity index (χ1n) is 12.5. The van der Waals surface area contributed by atoms with Gasteiger partial charge in [-0.1, -0.05) is 25.1 Å². The summed E-state index contributed by atoms with van der Waals surface area (Å²) in [6.45, 7) is 9.07. The lowest BCUT2D eigenvalue weighted by Crippen LogP contribution is -2.52. The number of carbonyl (C=O) groups is 3. The third-order valence-corrected chi connectivity index (χ3v) is 9.88. The van der Waals surface area contributed by atoms with E-state index in [9.17, 15) is 19.5 Å². The number of thioether (sulfide) groups is 1. The fourth-order valence-corrected chi connectivity index (χ4v) is 8.68. The lowest BCUT2D eigenvalue weighted by molar-refractivity contribution is -0.140. The summed E-state index contributed by atoms with van der Waals surface area (Å²) in [4.78, 5) is 42.8. The average molecular weight is 488 g/mol. The van der Waals surface area contributed by atoms with E-state index >= 15 is 0 Å². The van der Waals surface area contributed by atoms with Gasteiger partial charge in [0.25, 0.3) is 0 Å². The van der Waals surface area contributed by atoms with Crippen LogP contribution >= 0.6 is 11.8 Å². The van der Waals surface area contributed by atoms with Crippen LogP contribution in [0.4, 0.5) is 5.69 Å². The van der Waals surface area contributed by atoms with Crippen LogP contribution in [0.5, 0.6) is 0 Å². The molecule has 3 fully saturated rings. The number of hydrogen-bond donors (Lipinski definition) is 3. The van der Waals surface area contributed by atoms with Crippen LogP contribution in [0.3, 0.4) is 0 Å². The second-order valence-electron chi connectivity index (χ2n) is 10.2. The van der Waals surface area contributed by atoms with Gasteiger partial charge in [-0.2, -0.15) is 0 Å². The van der Waals surface area contributed by atoms with Crippen molar-refractivity contribution in [3.05, 3.63) is 29.3 Å². The molecule has 0 saturated carbocycles. The molecule has 3 heterocycles. The summed E-state index contributed by atoms with van der Waals surface area (Å²) in [6.07, 6.45) is 3.57. The quantitative estimate of drug-likeness (QED) is 0.465. The fourth-order valence-electron chi connectivity index (χ4n) is 6.32. The normalized spacial score (nSPS) is 31.6. The first-order valence-corrected chi connectivity index (χ1v) is 13.3. The van der Waals surface area contributed by atoms with Gasteiger partial charge < -0.3 is 20.6 Å². The number of aryl methyl sites for hydroxylation is 2. The number of hydrogen-bond acceptors (Lipinski definition) is 5. The minimum atomic E-state index is -0.640. The number of likely N-dealkylation sites (tertiary alicyclic amines) is 1. The van der Waals surface area contributed by atoms with Crippen LogP contribution in [0.15, 0.2) is 18.2 Å². The van der Waals surface area contributed by atoms with E-state index in [1.807, 2.05) is 39.0 Å². The van der Waals surface area contributed by atoms with Gasteiger partial charge in [-0.15, -0.1) is 11.8 Å². The molecule has 5 atom stereocenters. The zero-order valence-electron chi connectivity index (χ0n) is 20.6. The number of rotatable bonds is 9. The Morgan fingerprint density at radius 1 is 1.18 bits per heavy atom. The fraction of sp³-hybridized carbons (Fsp3) is 0.654. The Morgan fingerprint density at radius 3 is 2.53 bits per heavy atom. The Kier molecular flexibility index (Phi) is 7.02. The summed E-state index contributed by atoms with van der Waals surface area (Å²) in [6, 6.07) is 5.25. The average Bonchev–Trinajstić information content (AvgIpc) is 3.36. The highest BCUT2D eigenvalue weighted by Crippen LogP contribution is 2.71. The van der Waals surface area contributed by atoms with Crippen LogP contribution in [0.2, 0.25) is 0 Å². The molecule has 2 bridgehead atoms. The third kappa shape index (κ3) is 3.92. The molecular weight excluding hydrogens is 450 g/mol. The SMILES string of the molecule is CCCNC(=O)[C@@H]1[C@H]2C(=O)N(CCCCO)C(C(=O)Nc3c(C)cccc3C)C23CC[C@@]1(C)S3. The summed E-state index contributed by atoms with van der Waals surface area (Å²) < 4.78 is -0.966. The van der Waals surface area contributed by atoms with Crippen molar-refractivity contribution < 1.29 is 19.5 Å². The molecule has 0 aliphatic carbocycles. The number of amides is 3. The summed E-state index contributed by atoms with van der Waals surface area (Å²) in [5, 5.41) is 15.5. The summed E-state index contributed by atoms with van der Waals surface area (Å²) >= 11 is 1.69. The molecule has 8 heteroatoms. The molecule has 3 aliphatic rings. The molecule has 3 amide bonds. The number of carbonyl (C=O) groups excluding carboxylic acids is 3. The van der Waals surface area contributed by atoms with Gasteiger partial charge in [0.05, 0.1) is 16.6 Å². The molecule has 4 rings (SSSR count). The van der Waals surface area contributed by atoms with Crippen LogP contribution < -0.4 is 10.6 Å². The lowest BCUT2D eigenvalue weighted by Gasteiger charge is -2.35. The van der Waals surface area contributed by atoms with E-state index in [0.717, 1.165) is 36.1 Å². The molecule has 1 aromatic rings. The minimum absolute atomic E-state index is 0.0464. The number of anilines is 1. The first-order chi connectivity index (χ1) is 16.2.